The molecule has 0 saturated heterocycles. The van der Waals surface area contributed by atoms with Gasteiger partial charge in [0.25, 0.3) is 5.91 Å². The van der Waals surface area contributed by atoms with Crippen molar-refractivity contribution in [2.45, 2.75) is 6.92 Å². The third-order valence-electron chi connectivity index (χ3n) is 3.45. The van der Waals surface area contributed by atoms with Gasteiger partial charge in [-0.15, -0.1) is 0 Å². The molecule has 2 aromatic rings. The van der Waals surface area contributed by atoms with Gasteiger partial charge in [0, 0.05) is 11.1 Å². The second kappa shape index (κ2) is 8.72. The van der Waals surface area contributed by atoms with E-state index in [9.17, 15) is 10.1 Å². The molecular weight excluding hydrogens is 336 g/mol. The maximum absolute atomic E-state index is 12.3. The van der Waals surface area contributed by atoms with E-state index < -0.39 is 5.91 Å². The molecule has 1 N–H and O–H groups in total. The number of halogens is 1. The molecule has 1 amide bonds. The molecule has 4 nitrogen and oxygen atoms in total. The Bertz CT molecular complexity index is 865. The number of anilines is 1. The molecule has 0 aliphatic carbocycles. The number of nitrogens with zero attached hydrogens (tertiary/aromatic N) is 1. The van der Waals surface area contributed by atoms with Gasteiger partial charge in [-0.3, -0.25) is 4.79 Å². The van der Waals surface area contributed by atoms with Crippen LogP contribution in [0.2, 0.25) is 5.02 Å². The van der Waals surface area contributed by atoms with Crippen molar-refractivity contribution in [1.29, 1.82) is 5.26 Å². The van der Waals surface area contributed by atoms with Crippen LogP contribution in [-0.2, 0) is 4.79 Å². The zero-order chi connectivity index (χ0) is 18.2. The zero-order valence-electron chi connectivity index (χ0n) is 13.9. The van der Waals surface area contributed by atoms with Gasteiger partial charge in [-0.25, -0.2) is 0 Å². The van der Waals surface area contributed by atoms with E-state index in [1.165, 1.54) is 13.2 Å². The second-order valence-electron chi connectivity index (χ2n) is 5.22. The molecule has 0 aromatic heterocycles. The van der Waals surface area contributed by atoms with Crippen LogP contribution in [0.5, 0.6) is 5.75 Å². The number of rotatable bonds is 5. The van der Waals surface area contributed by atoms with Gasteiger partial charge < -0.3 is 10.1 Å². The summed E-state index contributed by atoms with van der Waals surface area (Å²) in [6.07, 6.45) is 4.95. The van der Waals surface area contributed by atoms with E-state index in [1.807, 2.05) is 49.4 Å². The molecule has 0 atom stereocenters. The lowest BCUT2D eigenvalue weighted by molar-refractivity contribution is -0.112. The normalized spacial score (nSPS) is 11.2. The zero-order valence-corrected chi connectivity index (χ0v) is 14.7. The average Bonchev–Trinajstić information content (AvgIpc) is 2.62. The van der Waals surface area contributed by atoms with Gasteiger partial charge in [0.05, 0.1) is 12.8 Å². The summed E-state index contributed by atoms with van der Waals surface area (Å²) in [6, 6.07) is 14.8. The molecule has 0 spiro atoms. The number of amides is 1. The minimum atomic E-state index is -0.514. The Labute approximate surface area is 152 Å². The third-order valence-corrected chi connectivity index (χ3v) is 3.85. The molecular formula is C20H17ClN2O2. The van der Waals surface area contributed by atoms with Crippen LogP contribution in [0, 0.1) is 18.3 Å². The van der Waals surface area contributed by atoms with Gasteiger partial charge in [0.1, 0.15) is 17.4 Å². The van der Waals surface area contributed by atoms with Gasteiger partial charge in [0.15, 0.2) is 0 Å². The van der Waals surface area contributed by atoms with Crippen LogP contribution in [-0.4, -0.2) is 13.0 Å². The van der Waals surface area contributed by atoms with Gasteiger partial charge in [-0.1, -0.05) is 54.1 Å². The van der Waals surface area contributed by atoms with Gasteiger partial charge in [-0.05, 0) is 30.2 Å². The number of carbonyl (C=O) groups is 1. The van der Waals surface area contributed by atoms with E-state index >= 15 is 0 Å². The first-order valence-corrected chi connectivity index (χ1v) is 7.92. The summed E-state index contributed by atoms with van der Waals surface area (Å²) in [5.41, 5.74) is 2.22. The monoisotopic (exact) mass is 352 g/mol. The average molecular weight is 353 g/mol. The Morgan fingerprint density at radius 2 is 2.00 bits per heavy atom. The van der Waals surface area contributed by atoms with E-state index in [0.29, 0.717) is 16.5 Å². The smallest absolute Gasteiger partial charge is 0.266 e. The van der Waals surface area contributed by atoms with E-state index in [2.05, 4.69) is 5.32 Å². The Morgan fingerprint density at radius 3 is 2.64 bits per heavy atom. The number of ether oxygens (including phenoxy) is 1. The van der Waals surface area contributed by atoms with Crippen molar-refractivity contribution in [2.75, 3.05) is 12.4 Å². The summed E-state index contributed by atoms with van der Waals surface area (Å²) >= 11 is 6.05. The highest BCUT2D eigenvalue weighted by Crippen LogP contribution is 2.31. The van der Waals surface area contributed by atoms with Crippen molar-refractivity contribution >= 4 is 29.3 Å². The molecule has 2 rings (SSSR count). The highest BCUT2D eigenvalue weighted by atomic mass is 35.5. The van der Waals surface area contributed by atoms with Crippen LogP contribution in [0.15, 0.2) is 60.2 Å². The predicted octanol–water partition coefficient (Wildman–Crippen LogP) is 4.76. The lowest BCUT2D eigenvalue weighted by Crippen LogP contribution is -2.14. The van der Waals surface area contributed by atoms with Crippen LogP contribution in [0.25, 0.3) is 6.08 Å². The maximum atomic E-state index is 12.3. The van der Waals surface area contributed by atoms with Crippen LogP contribution in [0.3, 0.4) is 0 Å². The molecule has 0 fully saturated rings. The van der Waals surface area contributed by atoms with Gasteiger partial charge in [-0.2, -0.15) is 5.26 Å². The summed E-state index contributed by atoms with van der Waals surface area (Å²) in [7, 11) is 1.49. The molecule has 0 bridgehead atoms. The highest BCUT2D eigenvalue weighted by Gasteiger charge is 2.13. The van der Waals surface area contributed by atoms with E-state index in [0.717, 1.165) is 11.1 Å². The largest absolute Gasteiger partial charge is 0.495 e. The van der Waals surface area contributed by atoms with Crippen molar-refractivity contribution in [1.82, 2.24) is 0 Å². The maximum Gasteiger partial charge on any atom is 0.266 e. The van der Waals surface area contributed by atoms with E-state index in [-0.39, 0.29) is 5.57 Å². The summed E-state index contributed by atoms with van der Waals surface area (Å²) in [5, 5.41) is 12.5. The Balaban J connectivity index is 2.18. The van der Waals surface area contributed by atoms with Gasteiger partial charge in [0.2, 0.25) is 0 Å². The fourth-order valence-corrected chi connectivity index (χ4v) is 2.26. The molecule has 2 aromatic carbocycles. The fourth-order valence-electron chi connectivity index (χ4n) is 2.10. The Morgan fingerprint density at radius 1 is 1.28 bits per heavy atom. The highest BCUT2D eigenvalue weighted by molar-refractivity contribution is 6.31. The third kappa shape index (κ3) is 4.97. The summed E-state index contributed by atoms with van der Waals surface area (Å²) < 4.78 is 5.22. The van der Waals surface area contributed by atoms with Crippen molar-refractivity contribution in [3.05, 3.63) is 76.3 Å². The van der Waals surface area contributed by atoms with Crippen LogP contribution < -0.4 is 10.1 Å². The molecule has 0 unspecified atom stereocenters. The number of benzene rings is 2. The molecule has 25 heavy (non-hydrogen) atoms. The summed E-state index contributed by atoms with van der Waals surface area (Å²) in [6.45, 7) is 1.82. The minimum Gasteiger partial charge on any atom is -0.495 e. The first-order valence-electron chi connectivity index (χ1n) is 7.54. The standard InChI is InChI=1S/C20H17ClN2O2/c1-14-11-18(19(25-2)12-17(14)21)23-20(24)16(13-22)10-6-9-15-7-4-3-5-8-15/h3-12H,1-2H3,(H,23,24)/b9-6+,16-10-. The van der Waals surface area contributed by atoms with Crippen LogP contribution in [0.1, 0.15) is 11.1 Å². The molecule has 0 saturated carbocycles. The molecule has 126 valence electrons. The molecule has 5 heteroatoms. The number of carbonyl (C=O) groups excluding carboxylic acids is 1. The van der Waals surface area contributed by atoms with Gasteiger partial charge >= 0.3 is 0 Å². The SMILES string of the molecule is COc1cc(Cl)c(C)cc1NC(=O)/C(C#N)=C\C=C\c1ccccc1. The lowest BCUT2D eigenvalue weighted by Gasteiger charge is -2.11. The summed E-state index contributed by atoms with van der Waals surface area (Å²) in [4.78, 5) is 12.3. The molecule has 0 aliphatic rings. The number of nitriles is 1. The second-order valence-corrected chi connectivity index (χ2v) is 5.62. The quantitative estimate of drug-likeness (QED) is 0.479. The minimum absolute atomic E-state index is 0.0122. The van der Waals surface area contributed by atoms with Crippen molar-refractivity contribution in [2.24, 2.45) is 0 Å². The first kappa shape index (κ1) is 18.3. The summed E-state index contributed by atoms with van der Waals surface area (Å²) in [5.74, 6) is -0.0821. The topological polar surface area (TPSA) is 62.1 Å². The van der Waals surface area contributed by atoms with Crippen molar-refractivity contribution in [3.8, 4) is 11.8 Å². The predicted molar refractivity (Wildman–Crippen MR) is 101 cm³/mol. The fraction of sp³-hybridized carbons (Fsp3) is 0.100. The molecule has 0 radical (unpaired) electrons. The Kier molecular flexibility index (Phi) is 6.39. The molecule has 0 heterocycles. The number of methoxy groups -OCH3 is 1. The number of hydrogen-bond acceptors (Lipinski definition) is 3. The van der Waals surface area contributed by atoms with Crippen molar-refractivity contribution in [3.63, 3.8) is 0 Å². The number of allylic oxidation sites excluding steroid dienone is 2. The van der Waals surface area contributed by atoms with Crippen LogP contribution >= 0.6 is 11.6 Å². The van der Waals surface area contributed by atoms with Crippen molar-refractivity contribution < 1.29 is 9.53 Å². The number of hydrogen-bond donors (Lipinski definition) is 1. The molecule has 0 aliphatic heterocycles. The van der Waals surface area contributed by atoms with E-state index in [4.69, 9.17) is 16.3 Å². The number of aryl methyl sites for hydroxylation is 1. The Hall–Kier alpha value is -3.03. The number of nitrogens with one attached hydrogen (secondary N) is 1. The lowest BCUT2D eigenvalue weighted by atomic mass is 10.1. The first-order chi connectivity index (χ1) is 12.0. The van der Waals surface area contributed by atoms with Crippen LogP contribution in [0.4, 0.5) is 5.69 Å². The van der Waals surface area contributed by atoms with E-state index in [1.54, 1.807) is 18.2 Å².